The molecule has 0 fully saturated rings. The second-order valence-corrected chi connectivity index (χ2v) is 11.5. The fourth-order valence-electron chi connectivity index (χ4n) is 4.51. The van der Waals surface area contributed by atoms with E-state index < -0.39 is 5.91 Å². The maximum absolute atomic E-state index is 13.7. The number of carbonyl (C=O) groups is 2. The van der Waals surface area contributed by atoms with Gasteiger partial charge in [-0.1, -0.05) is 47.6 Å². The van der Waals surface area contributed by atoms with Crippen molar-refractivity contribution in [3.8, 4) is 5.69 Å². The molecule has 0 saturated heterocycles. The molecular weight excluding hydrogens is 599 g/mol. The lowest BCUT2D eigenvalue weighted by Crippen LogP contribution is -2.28. The third kappa shape index (κ3) is 6.01. The van der Waals surface area contributed by atoms with Crippen LogP contribution in [0.25, 0.3) is 5.69 Å². The number of furan rings is 1. The van der Waals surface area contributed by atoms with Crippen LogP contribution in [0.5, 0.6) is 0 Å². The monoisotopic (exact) mass is 620 g/mol. The second-order valence-electron chi connectivity index (χ2n) is 9.20. The molecule has 0 unspecified atom stereocenters. The summed E-state index contributed by atoms with van der Waals surface area (Å²) in [5.74, 6) is -0.361. The zero-order valence-corrected chi connectivity index (χ0v) is 24.2. The van der Waals surface area contributed by atoms with Gasteiger partial charge in [-0.3, -0.25) is 14.2 Å². The van der Waals surface area contributed by atoms with Gasteiger partial charge in [0.25, 0.3) is 11.8 Å². The first-order valence-corrected chi connectivity index (χ1v) is 15.0. The van der Waals surface area contributed by atoms with Gasteiger partial charge >= 0.3 is 0 Å². The van der Waals surface area contributed by atoms with E-state index in [1.54, 1.807) is 58.4 Å². The zero-order valence-electron chi connectivity index (χ0n) is 21.8. The van der Waals surface area contributed by atoms with Crippen molar-refractivity contribution in [3.63, 3.8) is 0 Å². The van der Waals surface area contributed by atoms with Crippen LogP contribution >= 0.6 is 34.7 Å². The number of amides is 2. The molecule has 0 bridgehead atoms. The van der Waals surface area contributed by atoms with Gasteiger partial charge in [0.2, 0.25) is 0 Å². The van der Waals surface area contributed by atoms with Gasteiger partial charge in [-0.2, -0.15) is 5.10 Å². The molecule has 4 heterocycles. The molecule has 212 valence electrons. The minimum absolute atomic E-state index is 0.0103. The summed E-state index contributed by atoms with van der Waals surface area (Å²) in [5, 5.41) is 20.4. The Labute approximate surface area is 253 Å². The second kappa shape index (κ2) is 12.3. The van der Waals surface area contributed by atoms with Crippen LogP contribution in [0.2, 0.25) is 5.02 Å². The molecule has 1 N–H and O–H groups in total. The van der Waals surface area contributed by atoms with Crippen molar-refractivity contribution in [1.82, 2.24) is 25.1 Å². The van der Waals surface area contributed by atoms with Crippen LogP contribution in [0.4, 0.5) is 4.39 Å². The molecule has 1 aliphatic heterocycles. The van der Waals surface area contributed by atoms with Gasteiger partial charge in [0.1, 0.15) is 5.82 Å². The number of thiophene rings is 1. The molecule has 6 rings (SSSR count). The topological polar surface area (TPSA) is 106 Å². The lowest BCUT2D eigenvalue weighted by atomic mass is 10.0. The Hall–Kier alpha value is -4.26. The van der Waals surface area contributed by atoms with E-state index >= 15 is 0 Å². The fraction of sp³-hybridized carbons (Fsp3) is 0.138. The molecule has 0 spiro atoms. The van der Waals surface area contributed by atoms with Crippen LogP contribution in [0.1, 0.15) is 39.3 Å². The number of rotatable bonds is 9. The summed E-state index contributed by atoms with van der Waals surface area (Å²) in [4.78, 5) is 27.1. The van der Waals surface area contributed by atoms with Crippen molar-refractivity contribution in [3.05, 3.63) is 117 Å². The first kappa shape index (κ1) is 27.9. The van der Waals surface area contributed by atoms with Gasteiger partial charge in [0.15, 0.2) is 16.7 Å². The van der Waals surface area contributed by atoms with E-state index in [0.717, 1.165) is 16.2 Å². The molecule has 5 aromatic rings. The third-order valence-corrected chi connectivity index (χ3v) is 8.54. The lowest BCUT2D eigenvalue weighted by Gasteiger charge is -2.22. The number of nitrogens with one attached hydrogen (secondary N) is 1. The highest BCUT2D eigenvalue weighted by molar-refractivity contribution is 7.99. The number of nitrogens with zero attached hydrogens (tertiary/aromatic N) is 5. The van der Waals surface area contributed by atoms with Crippen molar-refractivity contribution in [2.75, 3.05) is 5.75 Å². The smallest absolute Gasteiger partial charge is 0.287 e. The predicted molar refractivity (Wildman–Crippen MR) is 158 cm³/mol. The minimum atomic E-state index is -0.398. The van der Waals surface area contributed by atoms with Crippen molar-refractivity contribution >= 4 is 52.2 Å². The van der Waals surface area contributed by atoms with Crippen LogP contribution < -0.4 is 5.32 Å². The van der Waals surface area contributed by atoms with E-state index in [2.05, 4.69) is 20.6 Å². The molecule has 1 aliphatic rings. The summed E-state index contributed by atoms with van der Waals surface area (Å²) in [6.45, 7) is 0.0563. The summed E-state index contributed by atoms with van der Waals surface area (Å²) >= 11 is 9.02. The SMILES string of the molecule is O=C(NCc1nnc(SCC(=O)N2N=C(c3cccs3)C[C@@H]2c2ccc(F)cc2)n1-c1cccc(Cl)c1)c1ccco1. The molecule has 1 atom stereocenters. The molecule has 2 amide bonds. The van der Waals surface area contributed by atoms with Gasteiger partial charge in [-0.05, 0) is 59.5 Å². The van der Waals surface area contributed by atoms with Gasteiger partial charge < -0.3 is 9.73 Å². The van der Waals surface area contributed by atoms with Crippen LogP contribution in [-0.4, -0.2) is 43.1 Å². The number of halogens is 2. The maximum atomic E-state index is 13.7. The Morgan fingerprint density at radius 1 is 1.10 bits per heavy atom. The number of hydrogen-bond acceptors (Lipinski definition) is 8. The van der Waals surface area contributed by atoms with E-state index in [4.69, 9.17) is 16.0 Å². The molecule has 13 heteroatoms. The molecule has 0 radical (unpaired) electrons. The maximum Gasteiger partial charge on any atom is 0.287 e. The van der Waals surface area contributed by atoms with Crippen LogP contribution in [0.15, 0.2) is 99.1 Å². The zero-order chi connectivity index (χ0) is 29.1. The highest BCUT2D eigenvalue weighted by Gasteiger charge is 2.33. The van der Waals surface area contributed by atoms with Crippen molar-refractivity contribution in [2.24, 2.45) is 5.10 Å². The van der Waals surface area contributed by atoms with E-state index in [1.807, 2.05) is 23.6 Å². The molecule has 0 aliphatic carbocycles. The average molecular weight is 621 g/mol. The Bertz CT molecular complexity index is 1740. The van der Waals surface area contributed by atoms with Crippen LogP contribution in [0.3, 0.4) is 0 Å². The van der Waals surface area contributed by atoms with E-state index in [1.165, 1.54) is 35.2 Å². The molecule has 9 nitrogen and oxygen atoms in total. The normalized spacial score (nSPS) is 14.7. The van der Waals surface area contributed by atoms with Crippen molar-refractivity contribution < 1.29 is 18.4 Å². The predicted octanol–water partition coefficient (Wildman–Crippen LogP) is 6.11. The highest BCUT2D eigenvalue weighted by atomic mass is 35.5. The molecule has 42 heavy (non-hydrogen) atoms. The van der Waals surface area contributed by atoms with Crippen molar-refractivity contribution in [1.29, 1.82) is 0 Å². The minimum Gasteiger partial charge on any atom is -0.459 e. The standard InChI is InChI=1S/C29H22ClFN6O3S2/c30-19-4-1-5-21(14-19)36-26(16-32-28(39)24-6-2-12-40-24)33-34-29(36)42-17-27(38)37-23(18-8-10-20(31)11-9-18)15-22(35-37)25-7-3-13-41-25/h1-14,23H,15-17H2,(H,32,39)/t23-/m1/s1. The quantitative estimate of drug-likeness (QED) is 0.199. The number of carbonyl (C=O) groups excluding carboxylic acids is 2. The first-order valence-electron chi connectivity index (χ1n) is 12.8. The Morgan fingerprint density at radius 3 is 2.69 bits per heavy atom. The van der Waals surface area contributed by atoms with E-state index in [9.17, 15) is 14.0 Å². The summed E-state index contributed by atoms with van der Waals surface area (Å²) < 4.78 is 20.6. The molecule has 2 aromatic carbocycles. The highest BCUT2D eigenvalue weighted by Crippen LogP contribution is 2.35. The molecular formula is C29H22ClFN6O3S2. The average Bonchev–Trinajstić information content (AvgIpc) is 3.81. The first-order chi connectivity index (χ1) is 20.5. The third-order valence-electron chi connectivity index (χ3n) is 6.47. The summed E-state index contributed by atoms with van der Waals surface area (Å²) in [6, 6.07) is 20.0. The van der Waals surface area contributed by atoms with Gasteiger partial charge in [-0.25, -0.2) is 9.40 Å². The van der Waals surface area contributed by atoms with Crippen LogP contribution in [-0.2, 0) is 11.3 Å². The van der Waals surface area contributed by atoms with Crippen LogP contribution in [0, 0.1) is 5.82 Å². The number of aromatic nitrogens is 3. The summed E-state index contributed by atoms with van der Waals surface area (Å²) in [5.41, 5.74) is 2.27. The van der Waals surface area contributed by atoms with Crippen molar-refractivity contribution in [2.45, 2.75) is 24.2 Å². The Balaban J connectivity index is 1.24. The fourth-order valence-corrected chi connectivity index (χ4v) is 6.23. The summed E-state index contributed by atoms with van der Waals surface area (Å²) in [7, 11) is 0. The van der Waals surface area contributed by atoms with Gasteiger partial charge in [0, 0.05) is 11.4 Å². The molecule has 3 aromatic heterocycles. The Morgan fingerprint density at radius 2 is 1.95 bits per heavy atom. The Kier molecular flexibility index (Phi) is 8.17. The van der Waals surface area contributed by atoms with Gasteiger partial charge in [-0.15, -0.1) is 21.5 Å². The lowest BCUT2D eigenvalue weighted by molar-refractivity contribution is -0.130. The van der Waals surface area contributed by atoms with Gasteiger partial charge in [0.05, 0.1) is 40.9 Å². The van der Waals surface area contributed by atoms with E-state index in [0.29, 0.717) is 28.1 Å². The largest absolute Gasteiger partial charge is 0.459 e. The number of hydrazone groups is 1. The number of thioether (sulfide) groups is 1. The summed E-state index contributed by atoms with van der Waals surface area (Å²) in [6.07, 6.45) is 1.93. The number of hydrogen-bond donors (Lipinski definition) is 1. The number of benzene rings is 2. The molecule has 0 saturated carbocycles. The van der Waals surface area contributed by atoms with E-state index in [-0.39, 0.29) is 35.8 Å².